The van der Waals surface area contributed by atoms with Crippen LogP contribution in [0, 0.1) is 10.1 Å². The molecule has 1 aliphatic carbocycles. The highest BCUT2D eigenvalue weighted by atomic mass is 79.9. The Labute approximate surface area is 149 Å². The van der Waals surface area contributed by atoms with Crippen LogP contribution in [0.5, 0.6) is 11.5 Å². The van der Waals surface area contributed by atoms with E-state index in [0.717, 1.165) is 0 Å². The van der Waals surface area contributed by atoms with Gasteiger partial charge in [0.2, 0.25) is 5.78 Å². The van der Waals surface area contributed by atoms with Gasteiger partial charge in [0.25, 0.3) is 5.69 Å². The van der Waals surface area contributed by atoms with Crippen molar-refractivity contribution in [2.24, 2.45) is 0 Å². The van der Waals surface area contributed by atoms with Gasteiger partial charge in [0.1, 0.15) is 5.56 Å². The molecule has 0 fully saturated rings. The van der Waals surface area contributed by atoms with Crippen LogP contribution in [0.2, 0.25) is 0 Å². The summed E-state index contributed by atoms with van der Waals surface area (Å²) >= 11 is 3.25. The molecule has 0 aliphatic heterocycles. The van der Waals surface area contributed by atoms with Crippen molar-refractivity contribution in [1.29, 1.82) is 0 Å². The molecule has 1 N–H and O–H groups in total. The Hall–Kier alpha value is -3.00. The molecule has 0 aromatic heterocycles. The molecule has 0 amide bonds. The van der Waals surface area contributed by atoms with Crippen LogP contribution in [0.25, 0.3) is 6.08 Å². The Morgan fingerprint density at radius 1 is 1.24 bits per heavy atom. The van der Waals surface area contributed by atoms with Gasteiger partial charge in [0, 0.05) is 21.7 Å². The van der Waals surface area contributed by atoms with Gasteiger partial charge in [-0.05, 0) is 24.3 Å². The second-order valence-corrected chi connectivity index (χ2v) is 6.13. The van der Waals surface area contributed by atoms with Gasteiger partial charge in [-0.2, -0.15) is 0 Å². The normalized spacial score (nSPS) is 14.7. The molecule has 0 saturated heterocycles. The van der Waals surface area contributed by atoms with E-state index in [1.54, 1.807) is 0 Å². The van der Waals surface area contributed by atoms with E-state index >= 15 is 0 Å². The first-order valence-electron chi connectivity index (χ1n) is 7.00. The van der Waals surface area contributed by atoms with Crippen LogP contribution in [0.15, 0.2) is 40.4 Å². The number of ketones is 2. The van der Waals surface area contributed by atoms with Gasteiger partial charge in [-0.25, -0.2) is 0 Å². The number of carbonyl (C=O) groups is 2. The second-order valence-electron chi connectivity index (χ2n) is 5.22. The minimum Gasteiger partial charge on any atom is -0.504 e. The maximum absolute atomic E-state index is 12.6. The Morgan fingerprint density at radius 2 is 1.96 bits per heavy atom. The number of allylic oxidation sites excluding steroid dienone is 1. The minimum atomic E-state index is -0.745. The van der Waals surface area contributed by atoms with E-state index in [0.29, 0.717) is 4.47 Å². The van der Waals surface area contributed by atoms with E-state index < -0.39 is 22.2 Å². The van der Waals surface area contributed by atoms with Crippen molar-refractivity contribution >= 4 is 39.3 Å². The fourth-order valence-electron chi connectivity index (χ4n) is 2.65. The molecule has 0 saturated carbocycles. The summed E-state index contributed by atoms with van der Waals surface area (Å²) in [6.45, 7) is 0. The van der Waals surface area contributed by atoms with E-state index in [1.165, 1.54) is 43.5 Å². The first kappa shape index (κ1) is 16.8. The molecule has 25 heavy (non-hydrogen) atoms. The highest BCUT2D eigenvalue weighted by Crippen LogP contribution is 2.38. The smallest absolute Gasteiger partial charge is 0.281 e. The SMILES string of the molecule is COc1cc(Br)cc(/C=C2/C(=O)c3cccc([N+](=O)[O-])c3C2=O)c1O. The van der Waals surface area contributed by atoms with E-state index in [2.05, 4.69) is 15.9 Å². The number of benzene rings is 2. The number of halogens is 1. The molecular formula is C17H10BrNO6. The lowest BCUT2D eigenvalue weighted by molar-refractivity contribution is -0.385. The number of hydrogen-bond acceptors (Lipinski definition) is 6. The number of methoxy groups -OCH3 is 1. The van der Waals surface area contributed by atoms with Gasteiger partial charge in [-0.1, -0.05) is 22.0 Å². The molecule has 3 rings (SSSR count). The number of phenolic OH excluding ortho intramolecular Hbond substituents is 1. The lowest BCUT2D eigenvalue weighted by atomic mass is 10.1. The summed E-state index contributed by atoms with van der Waals surface area (Å²) in [5.41, 5.74) is -0.745. The number of nitro benzene ring substituents is 1. The molecule has 2 aromatic carbocycles. The van der Waals surface area contributed by atoms with Crippen molar-refractivity contribution in [3.8, 4) is 11.5 Å². The van der Waals surface area contributed by atoms with Gasteiger partial charge in [-0.15, -0.1) is 0 Å². The van der Waals surface area contributed by atoms with Crippen LogP contribution in [-0.4, -0.2) is 28.7 Å². The number of Topliss-reactive ketones (excluding diaryl/α,β-unsaturated/α-hetero) is 2. The zero-order valence-electron chi connectivity index (χ0n) is 12.8. The number of aromatic hydroxyl groups is 1. The topological polar surface area (TPSA) is 107 Å². The quantitative estimate of drug-likeness (QED) is 0.363. The van der Waals surface area contributed by atoms with E-state index in [9.17, 15) is 24.8 Å². The number of phenols is 1. The summed E-state index contributed by atoms with van der Waals surface area (Å²) in [7, 11) is 1.36. The van der Waals surface area contributed by atoms with E-state index in [4.69, 9.17) is 4.74 Å². The number of carbonyl (C=O) groups excluding carboxylic acids is 2. The average molecular weight is 404 g/mol. The monoisotopic (exact) mass is 403 g/mol. The summed E-state index contributed by atoms with van der Waals surface area (Å²) in [5, 5.41) is 21.3. The molecule has 0 spiro atoms. The predicted molar refractivity (Wildman–Crippen MR) is 92.1 cm³/mol. The lowest BCUT2D eigenvalue weighted by Crippen LogP contribution is -2.02. The van der Waals surface area contributed by atoms with Gasteiger partial charge < -0.3 is 9.84 Å². The fourth-order valence-corrected chi connectivity index (χ4v) is 3.10. The third-order valence-corrected chi connectivity index (χ3v) is 4.25. The first-order valence-corrected chi connectivity index (χ1v) is 7.79. The fraction of sp³-hybridized carbons (Fsp3) is 0.0588. The van der Waals surface area contributed by atoms with Gasteiger partial charge >= 0.3 is 0 Å². The highest BCUT2D eigenvalue weighted by molar-refractivity contribution is 9.10. The van der Waals surface area contributed by atoms with Crippen LogP contribution in [-0.2, 0) is 0 Å². The van der Waals surface area contributed by atoms with E-state index in [1.807, 2.05) is 0 Å². The summed E-state index contributed by atoms with van der Waals surface area (Å²) in [4.78, 5) is 35.5. The predicted octanol–water partition coefficient (Wildman–Crippen LogP) is 3.53. The Morgan fingerprint density at radius 3 is 2.60 bits per heavy atom. The average Bonchev–Trinajstić information content (AvgIpc) is 2.82. The number of hydrogen-bond donors (Lipinski definition) is 1. The number of nitrogens with zero attached hydrogens (tertiary/aromatic N) is 1. The van der Waals surface area contributed by atoms with Crippen LogP contribution in [0.3, 0.4) is 0 Å². The molecule has 0 unspecified atom stereocenters. The Balaban J connectivity index is 2.18. The molecular weight excluding hydrogens is 394 g/mol. The van der Waals surface area contributed by atoms with Crippen molar-refractivity contribution in [3.05, 3.63) is 67.2 Å². The van der Waals surface area contributed by atoms with Crippen LogP contribution >= 0.6 is 15.9 Å². The lowest BCUT2D eigenvalue weighted by Gasteiger charge is -2.07. The molecule has 1 aliphatic rings. The molecule has 126 valence electrons. The van der Waals surface area contributed by atoms with Crippen LogP contribution < -0.4 is 4.74 Å². The summed E-state index contributed by atoms with van der Waals surface area (Å²) < 4.78 is 5.59. The Bertz CT molecular complexity index is 979. The zero-order valence-corrected chi connectivity index (χ0v) is 14.4. The largest absolute Gasteiger partial charge is 0.504 e. The minimum absolute atomic E-state index is 0.0214. The maximum Gasteiger partial charge on any atom is 0.281 e. The molecule has 0 radical (unpaired) electrons. The Kier molecular flexibility index (Phi) is 4.13. The molecule has 0 heterocycles. The van der Waals surface area contributed by atoms with Crippen molar-refractivity contribution in [2.75, 3.05) is 7.11 Å². The molecule has 2 aromatic rings. The van der Waals surface area contributed by atoms with Crippen molar-refractivity contribution in [2.45, 2.75) is 0 Å². The second kappa shape index (κ2) is 6.14. The van der Waals surface area contributed by atoms with Crippen molar-refractivity contribution in [3.63, 3.8) is 0 Å². The zero-order chi connectivity index (χ0) is 18.3. The van der Waals surface area contributed by atoms with Gasteiger partial charge in [0.05, 0.1) is 17.6 Å². The van der Waals surface area contributed by atoms with Crippen LogP contribution in [0.4, 0.5) is 5.69 Å². The van der Waals surface area contributed by atoms with Gasteiger partial charge in [0.15, 0.2) is 17.3 Å². The maximum atomic E-state index is 12.6. The number of fused-ring (bicyclic) bond motifs is 1. The van der Waals surface area contributed by atoms with Crippen LogP contribution in [0.1, 0.15) is 26.3 Å². The number of nitro groups is 1. The van der Waals surface area contributed by atoms with Crippen molar-refractivity contribution in [1.82, 2.24) is 0 Å². The number of rotatable bonds is 3. The van der Waals surface area contributed by atoms with E-state index in [-0.39, 0.29) is 33.8 Å². The first-order chi connectivity index (χ1) is 11.8. The summed E-state index contributed by atoms with van der Waals surface area (Å²) in [6.07, 6.45) is 1.21. The summed E-state index contributed by atoms with van der Waals surface area (Å²) in [5.74, 6) is -1.46. The third-order valence-electron chi connectivity index (χ3n) is 3.79. The number of ether oxygens (including phenoxy) is 1. The van der Waals surface area contributed by atoms with Crippen molar-refractivity contribution < 1.29 is 24.4 Å². The highest BCUT2D eigenvalue weighted by Gasteiger charge is 2.38. The molecule has 0 bridgehead atoms. The molecule has 7 nitrogen and oxygen atoms in total. The van der Waals surface area contributed by atoms with Gasteiger partial charge in [-0.3, -0.25) is 19.7 Å². The summed E-state index contributed by atoms with van der Waals surface area (Å²) in [6, 6.07) is 6.92. The standard InChI is InChI=1S/C17H10BrNO6/c1-25-13-7-9(18)5-8(15(13)20)6-11-16(21)10-3-2-4-12(19(23)24)14(10)17(11)22/h2-7,20H,1H3/b11-6-. The molecule has 8 heteroatoms. The molecule has 0 atom stereocenters. The third kappa shape index (κ3) is 2.70.